The Hall–Kier alpha value is -3.18. The van der Waals surface area contributed by atoms with E-state index in [1.165, 1.54) is 12.1 Å². The van der Waals surface area contributed by atoms with Gasteiger partial charge < -0.3 is 37.0 Å². The summed E-state index contributed by atoms with van der Waals surface area (Å²) in [6.45, 7) is 6.16. The average Bonchev–Trinajstić information content (AvgIpc) is 2.79. The standard InChI is InChI=1S/C23H36N4O7/c1-5-13(4)19(23(33)34)27-21(31)17(11-28)26-20(30)16(25-22(32)18(24)12(2)3)10-14-6-8-15(29)9-7-14/h6-9,12-13,16-19,28-29H,5,10-11,24H2,1-4H3,(H,25,32)(H,26,30)(H,27,31)(H,33,34). The second-order valence-electron chi connectivity index (χ2n) is 8.66. The molecule has 0 saturated carbocycles. The number of rotatable bonds is 13. The number of aliphatic carboxylic acids is 1. The molecule has 5 unspecified atom stereocenters. The first-order valence-corrected chi connectivity index (χ1v) is 11.2. The van der Waals surface area contributed by atoms with Crippen LogP contribution < -0.4 is 21.7 Å². The molecule has 0 heterocycles. The van der Waals surface area contributed by atoms with Gasteiger partial charge in [0.1, 0.15) is 23.9 Å². The van der Waals surface area contributed by atoms with Crippen LogP contribution in [0.25, 0.3) is 0 Å². The van der Waals surface area contributed by atoms with Gasteiger partial charge in [0, 0.05) is 6.42 Å². The fourth-order valence-corrected chi connectivity index (χ4v) is 3.05. The van der Waals surface area contributed by atoms with Crippen LogP contribution in [0.15, 0.2) is 24.3 Å². The van der Waals surface area contributed by atoms with E-state index in [0.717, 1.165) is 0 Å². The maximum atomic E-state index is 13.0. The monoisotopic (exact) mass is 480 g/mol. The Morgan fingerprint density at radius 1 is 0.912 bits per heavy atom. The van der Waals surface area contributed by atoms with Crippen LogP contribution >= 0.6 is 0 Å². The summed E-state index contributed by atoms with van der Waals surface area (Å²) in [4.78, 5) is 49.6. The molecule has 1 aromatic carbocycles. The Morgan fingerprint density at radius 2 is 1.44 bits per heavy atom. The molecular weight excluding hydrogens is 444 g/mol. The van der Waals surface area contributed by atoms with Crippen LogP contribution in [-0.2, 0) is 25.6 Å². The smallest absolute Gasteiger partial charge is 0.326 e. The van der Waals surface area contributed by atoms with Crippen molar-refractivity contribution in [3.63, 3.8) is 0 Å². The highest BCUT2D eigenvalue weighted by Crippen LogP contribution is 2.12. The topological polar surface area (TPSA) is 191 Å². The summed E-state index contributed by atoms with van der Waals surface area (Å²) in [5, 5.41) is 35.8. The van der Waals surface area contributed by atoms with Gasteiger partial charge in [-0.3, -0.25) is 14.4 Å². The van der Waals surface area contributed by atoms with E-state index in [1.54, 1.807) is 39.8 Å². The van der Waals surface area contributed by atoms with Gasteiger partial charge in [0.15, 0.2) is 0 Å². The van der Waals surface area contributed by atoms with Gasteiger partial charge in [0.05, 0.1) is 12.6 Å². The number of carbonyl (C=O) groups excluding carboxylic acids is 3. The number of amides is 3. The third-order valence-corrected chi connectivity index (χ3v) is 5.62. The maximum Gasteiger partial charge on any atom is 0.326 e. The number of hydrogen-bond acceptors (Lipinski definition) is 7. The normalized spacial score (nSPS) is 15.5. The molecule has 34 heavy (non-hydrogen) atoms. The van der Waals surface area contributed by atoms with Gasteiger partial charge in [0.2, 0.25) is 17.7 Å². The second kappa shape index (κ2) is 13.5. The Kier molecular flexibility index (Phi) is 11.5. The SMILES string of the molecule is CCC(C)C(NC(=O)C(CO)NC(=O)C(Cc1ccc(O)cc1)NC(=O)C(N)C(C)C)C(=O)O. The summed E-state index contributed by atoms with van der Waals surface area (Å²) in [6.07, 6.45) is 0.511. The second-order valence-corrected chi connectivity index (χ2v) is 8.66. The summed E-state index contributed by atoms with van der Waals surface area (Å²) < 4.78 is 0. The minimum absolute atomic E-state index is 0.0209. The van der Waals surface area contributed by atoms with E-state index in [4.69, 9.17) is 5.73 Å². The Bertz CT molecular complexity index is 844. The van der Waals surface area contributed by atoms with E-state index in [-0.39, 0.29) is 24.0 Å². The highest BCUT2D eigenvalue weighted by atomic mass is 16.4. The molecule has 1 rings (SSSR count). The molecule has 0 aliphatic carbocycles. The lowest BCUT2D eigenvalue weighted by Crippen LogP contribution is -2.59. The first-order valence-electron chi connectivity index (χ1n) is 11.2. The zero-order valence-corrected chi connectivity index (χ0v) is 19.9. The lowest BCUT2D eigenvalue weighted by atomic mass is 9.99. The third-order valence-electron chi connectivity index (χ3n) is 5.62. The molecule has 0 aromatic heterocycles. The summed E-state index contributed by atoms with van der Waals surface area (Å²) in [7, 11) is 0. The molecule has 8 N–H and O–H groups in total. The lowest BCUT2D eigenvalue weighted by molar-refractivity contribution is -0.144. The Balaban J connectivity index is 3.04. The molecule has 0 radical (unpaired) electrons. The molecule has 0 aliphatic rings. The average molecular weight is 481 g/mol. The number of carbonyl (C=O) groups is 4. The van der Waals surface area contributed by atoms with Gasteiger partial charge >= 0.3 is 5.97 Å². The van der Waals surface area contributed by atoms with E-state index >= 15 is 0 Å². The van der Waals surface area contributed by atoms with Gasteiger partial charge in [-0.1, -0.05) is 46.2 Å². The minimum atomic E-state index is -1.43. The van der Waals surface area contributed by atoms with Gasteiger partial charge in [-0.05, 0) is 29.5 Å². The highest BCUT2D eigenvalue weighted by Gasteiger charge is 2.32. The van der Waals surface area contributed by atoms with Crippen molar-refractivity contribution in [1.29, 1.82) is 0 Å². The van der Waals surface area contributed by atoms with Crippen LogP contribution in [0, 0.1) is 11.8 Å². The van der Waals surface area contributed by atoms with Crippen molar-refractivity contribution in [2.75, 3.05) is 6.61 Å². The van der Waals surface area contributed by atoms with Crippen molar-refractivity contribution in [2.24, 2.45) is 17.6 Å². The number of aliphatic hydroxyl groups is 1. The first-order chi connectivity index (χ1) is 15.9. The molecule has 1 aromatic rings. The van der Waals surface area contributed by atoms with Crippen molar-refractivity contribution in [2.45, 2.75) is 64.7 Å². The summed E-state index contributed by atoms with van der Waals surface area (Å²) >= 11 is 0. The van der Waals surface area contributed by atoms with Crippen molar-refractivity contribution in [3.05, 3.63) is 29.8 Å². The zero-order chi connectivity index (χ0) is 26.0. The van der Waals surface area contributed by atoms with Crippen LogP contribution in [-0.4, -0.2) is 69.8 Å². The van der Waals surface area contributed by atoms with Gasteiger partial charge in [-0.25, -0.2) is 4.79 Å². The number of aliphatic hydroxyl groups excluding tert-OH is 1. The highest BCUT2D eigenvalue weighted by molar-refractivity contribution is 5.94. The van der Waals surface area contributed by atoms with E-state index in [1.807, 2.05) is 0 Å². The minimum Gasteiger partial charge on any atom is -0.508 e. The van der Waals surface area contributed by atoms with Crippen molar-refractivity contribution < 1.29 is 34.5 Å². The van der Waals surface area contributed by atoms with Crippen molar-refractivity contribution >= 4 is 23.7 Å². The van der Waals surface area contributed by atoms with Crippen LogP contribution in [0.4, 0.5) is 0 Å². The quantitative estimate of drug-likeness (QED) is 0.196. The summed E-state index contributed by atoms with van der Waals surface area (Å²) in [5.74, 6) is -3.97. The number of carboxylic acid groups (broad SMARTS) is 1. The van der Waals surface area contributed by atoms with Crippen LogP contribution in [0.5, 0.6) is 5.75 Å². The molecule has 11 nitrogen and oxygen atoms in total. The number of nitrogens with one attached hydrogen (secondary N) is 3. The predicted octanol–water partition coefficient (Wildman–Crippen LogP) is -0.505. The van der Waals surface area contributed by atoms with E-state index in [9.17, 15) is 34.5 Å². The number of carboxylic acids is 1. The molecule has 5 atom stereocenters. The van der Waals surface area contributed by atoms with Crippen LogP contribution in [0.1, 0.15) is 39.7 Å². The van der Waals surface area contributed by atoms with Crippen molar-refractivity contribution in [3.8, 4) is 5.75 Å². The molecule has 0 fully saturated rings. The fraction of sp³-hybridized carbons (Fsp3) is 0.565. The van der Waals surface area contributed by atoms with Crippen LogP contribution in [0.2, 0.25) is 0 Å². The zero-order valence-electron chi connectivity index (χ0n) is 19.9. The molecule has 0 spiro atoms. The number of aromatic hydroxyl groups is 1. The number of hydrogen-bond donors (Lipinski definition) is 7. The summed E-state index contributed by atoms with van der Waals surface area (Å²) in [5.41, 5.74) is 6.50. The fourth-order valence-electron chi connectivity index (χ4n) is 3.05. The number of benzene rings is 1. The van der Waals surface area contributed by atoms with Crippen LogP contribution in [0.3, 0.4) is 0 Å². The molecule has 190 valence electrons. The van der Waals surface area contributed by atoms with Gasteiger partial charge in [-0.2, -0.15) is 0 Å². The molecule has 11 heteroatoms. The predicted molar refractivity (Wildman–Crippen MR) is 125 cm³/mol. The number of phenols is 1. The molecule has 0 aliphatic heterocycles. The van der Waals surface area contributed by atoms with E-state index in [2.05, 4.69) is 16.0 Å². The first kappa shape index (κ1) is 28.9. The Labute approximate surface area is 199 Å². The summed E-state index contributed by atoms with van der Waals surface area (Å²) in [6, 6.07) is 1.35. The molecule has 0 saturated heterocycles. The third kappa shape index (κ3) is 8.64. The lowest BCUT2D eigenvalue weighted by Gasteiger charge is -2.26. The van der Waals surface area contributed by atoms with E-state index < -0.39 is 54.5 Å². The van der Waals surface area contributed by atoms with Gasteiger partial charge in [-0.15, -0.1) is 0 Å². The van der Waals surface area contributed by atoms with E-state index in [0.29, 0.717) is 12.0 Å². The van der Waals surface area contributed by atoms with Crippen molar-refractivity contribution in [1.82, 2.24) is 16.0 Å². The molecule has 0 bridgehead atoms. The van der Waals surface area contributed by atoms with Gasteiger partial charge in [0.25, 0.3) is 0 Å². The molecule has 3 amide bonds. The number of phenolic OH excluding ortho intramolecular Hbond substituents is 1. The molecular formula is C23H36N4O7. The number of nitrogens with two attached hydrogens (primary N) is 1. The maximum absolute atomic E-state index is 13.0. The Morgan fingerprint density at radius 3 is 1.91 bits per heavy atom. The largest absolute Gasteiger partial charge is 0.508 e.